The summed E-state index contributed by atoms with van der Waals surface area (Å²) < 4.78 is 15.8. The normalized spacial score (nSPS) is 12.0. The number of hydrogen-bond donors (Lipinski definition) is 1. The molecule has 4 rings (SSSR count). The third-order valence-electron chi connectivity index (χ3n) is 4.62. The Morgan fingerprint density at radius 3 is 2.52 bits per heavy atom. The van der Waals surface area contributed by atoms with Crippen LogP contribution in [0, 0.1) is 5.82 Å². The van der Waals surface area contributed by atoms with Gasteiger partial charge in [0.2, 0.25) is 5.91 Å². The Morgan fingerprint density at radius 2 is 1.74 bits per heavy atom. The number of anilines is 1. The fraction of sp³-hybridized carbons (Fsp3) is 0.0870. The molecule has 0 fully saturated rings. The van der Waals surface area contributed by atoms with Crippen LogP contribution in [-0.4, -0.2) is 20.7 Å². The topological polar surface area (TPSA) is 64.0 Å². The first-order chi connectivity index (χ1) is 15.0. The van der Waals surface area contributed by atoms with E-state index in [0.29, 0.717) is 21.6 Å². The Hall–Kier alpha value is -3.16. The molecule has 0 aliphatic carbocycles. The minimum absolute atomic E-state index is 0.0759. The molecule has 1 aromatic heterocycles. The number of thioether (sulfide) groups is 1. The van der Waals surface area contributed by atoms with Gasteiger partial charge in [0, 0.05) is 0 Å². The van der Waals surface area contributed by atoms with Gasteiger partial charge in [0.25, 0.3) is 5.56 Å². The molecule has 1 amide bonds. The van der Waals surface area contributed by atoms with Crippen LogP contribution in [0.2, 0.25) is 5.02 Å². The van der Waals surface area contributed by atoms with Crippen molar-refractivity contribution in [1.82, 2.24) is 9.55 Å². The Balaban J connectivity index is 1.75. The van der Waals surface area contributed by atoms with Gasteiger partial charge < -0.3 is 5.32 Å². The van der Waals surface area contributed by atoms with Crippen molar-refractivity contribution in [3.8, 4) is 5.69 Å². The fourth-order valence-corrected chi connectivity index (χ4v) is 4.15. The first-order valence-electron chi connectivity index (χ1n) is 9.44. The van der Waals surface area contributed by atoms with Crippen molar-refractivity contribution in [3.05, 3.63) is 94.0 Å². The number of nitrogens with one attached hydrogen (secondary N) is 1. The fourth-order valence-electron chi connectivity index (χ4n) is 3.05. The van der Waals surface area contributed by atoms with Crippen molar-refractivity contribution in [2.75, 3.05) is 5.32 Å². The van der Waals surface area contributed by atoms with Crippen molar-refractivity contribution < 1.29 is 9.18 Å². The molecule has 156 valence electrons. The lowest BCUT2D eigenvalue weighted by molar-refractivity contribution is -0.115. The molecule has 0 saturated carbocycles. The van der Waals surface area contributed by atoms with Gasteiger partial charge in [-0.05, 0) is 43.3 Å². The maximum atomic E-state index is 14.6. The van der Waals surface area contributed by atoms with E-state index in [2.05, 4.69) is 10.3 Å². The van der Waals surface area contributed by atoms with Crippen LogP contribution in [0.3, 0.4) is 0 Å². The lowest BCUT2D eigenvalue weighted by atomic mass is 10.2. The highest BCUT2D eigenvalue weighted by Gasteiger charge is 2.22. The predicted molar refractivity (Wildman–Crippen MR) is 123 cm³/mol. The highest BCUT2D eigenvalue weighted by molar-refractivity contribution is 8.00. The first kappa shape index (κ1) is 21.1. The minimum Gasteiger partial charge on any atom is -0.324 e. The van der Waals surface area contributed by atoms with Crippen molar-refractivity contribution in [2.24, 2.45) is 0 Å². The van der Waals surface area contributed by atoms with Crippen LogP contribution in [0.15, 0.2) is 82.7 Å². The Kier molecular flexibility index (Phi) is 6.06. The molecule has 0 radical (unpaired) electrons. The molecule has 5 nitrogen and oxygen atoms in total. The summed E-state index contributed by atoms with van der Waals surface area (Å²) in [5, 5.41) is 3.13. The van der Waals surface area contributed by atoms with Gasteiger partial charge in [-0.2, -0.15) is 0 Å². The minimum atomic E-state index is -0.637. The molecule has 0 saturated heterocycles. The lowest BCUT2D eigenvalue weighted by Gasteiger charge is -2.17. The van der Waals surface area contributed by atoms with Crippen molar-refractivity contribution in [1.29, 1.82) is 0 Å². The third-order valence-corrected chi connectivity index (χ3v) is 6.00. The lowest BCUT2D eigenvalue weighted by Crippen LogP contribution is -2.26. The maximum absolute atomic E-state index is 14.6. The number of aromatic nitrogens is 2. The zero-order chi connectivity index (χ0) is 22.0. The van der Waals surface area contributed by atoms with Gasteiger partial charge >= 0.3 is 0 Å². The molecular weight excluding hydrogens is 437 g/mol. The molecule has 0 spiro atoms. The second-order valence-corrected chi connectivity index (χ2v) is 8.45. The van der Waals surface area contributed by atoms with Gasteiger partial charge in [-0.15, -0.1) is 0 Å². The number of benzene rings is 3. The molecule has 4 aromatic rings. The van der Waals surface area contributed by atoms with E-state index in [4.69, 9.17) is 11.6 Å². The summed E-state index contributed by atoms with van der Waals surface area (Å²) in [4.78, 5) is 30.5. The van der Waals surface area contributed by atoms with E-state index >= 15 is 0 Å². The summed E-state index contributed by atoms with van der Waals surface area (Å²) in [5.74, 6) is -0.878. The molecular formula is C23H17ClFN3O2S. The van der Waals surface area contributed by atoms with E-state index in [0.717, 1.165) is 11.8 Å². The van der Waals surface area contributed by atoms with Gasteiger partial charge in [0.05, 0.1) is 32.6 Å². The van der Waals surface area contributed by atoms with Crippen molar-refractivity contribution in [2.45, 2.75) is 17.3 Å². The predicted octanol–water partition coefficient (Wildman–Crippen LogP) is 5.30. The second-order valence-electron chi connectivity index (χ2n) is 6.73. The molecule has 0 aliphatic heterocycles. The third kappa shape index (κ3) is 4.33. The Labute approximate surface area is 186 Å². The Bertz CT molecular complexity index is 1340. The smallest absolute Gasteiger partial charge is 0.266 e. The summed E-state index contributed by atoms with van der Waals surface area (Å²) in [6.07, 6.45) is 0. The van der Waals surface area contributed by atoms with Crippen LogP contribution in [0.25, 0.3) is 16.6 Å². The average Bonchev–Trinajstić information content (AvgIpc) is 2.76. The number of carbonyl (C=O) groups excluding carboxylic acids is 1. The summed E-state index contributed by atoms with van der Waals surface area (Å²) in [6, 6.07) is 19.7. The number of carbonyl (C=O) groups is 1. The van der Waals surface area contributed by atoms with E-state index in [1.54, 1.807) is 67.6 Å². The van der Waals surface area contributed by atoms with E-state index in [1.807, 2.05) is 0 Å². The summed E-state index contributed by atoms with van der Waals surface area (Å²) in [6.45, 7) is 1.68. The molecule has 8 heteroatoms. The number of halogens is 2. The zero-order valence-electron chi connectivity index (χ0n) is 16.4. The molecule has 1 N–H and O–H groups in total. The maximum Gasteiger partial charge on any atom is 0.266 e. The SMILES string of the molecule is CC(Sc1nc2ccccc2c(=O)n1-c1ccccc1F)C(=O)Nc1ccccc1Cl. The number of amides is 1. The molecule has 1 unspecified atom stereocenters. The molecule has 1 heterocycles. The van der Waals surface area contributed by atoms with Gasteiger partial charge in [0.15, 0.2) is 5.16 Å². The van der Waals surface area contributed by atoms with E-state index in [1.165, 1.54) is 16.7 Å². The average molecular weight is 454 g/mol. The number of rotatable bonds is 5. The monoisotopic (exact) mass is 453 g/mol. The van der Waals surface area contributed by atoms with Gasteiger partial charge in [-0.25, -0.2) is 9.37 Å². The van der Waals surface area contributed by atoms with Crippen LogP contribution in [0.4, 0.5) is 10.1 Å². The van der Waals surface area contributed by atoms with Crippen LogP contribution in [-0.2, 0) is 4.79 Å². The van der Waals surface area contributed by atoms with Crippen molar-refractivity contribution >= 4 is 45.9 Å². The van der Waals surface area contributed by atoms with E-state index in [-0.39, 0.29) is 16.8 Å². The van der Waals surface area contributed by atoms with Crippen LogP contribution in [0.5, 0.6) is 0 Å². The molecule has 1 atom stereocenters. The van der Waals surface area contributed by atoms with E-state index in [9.17, 15) is 14.0 Å². The van der Waals surface area contributed by atoms with Crippen LogP contribution in [0.1, 0.15) is 6.92 Å². The number of nitrogens with zero attached hydrogens (tertiary/aromatic N) is 2. The largest absolute Gasteiger partial charge is 0.324 e. The van der Waals surface area contributed by atoms with Crippen LogP contribution < -0.4 is 10.9 Å². The van der Waals surface area contributed by atoms with Crippen molar-refractivity contribution in [3.63, 3.8) is 0 Å². The molecule has 3 aromatic carbocycles. The number of para-hydroxylation sites is 3. The molecule has 0 aliphatic rings. The van der Waals surface area contributed by atoms with Gasteiger partial charge in [-0.3, -0.25) is 14.2 Å². The van der Waals surface area contributed by atoms with Gasteiger partial charge in [-0.1, -0.05) is 59.8 Å². The molecule has 0 bridgehead atoms. The molecule has 31 heavy (non-hydrogen) atoms. The summed E-state index contributed by atoms with van der Waals surface area (Å²) in [7, 11) is 0. The van der Waals surface area contributed by atoms with Gasteiger partial charge in [0.1, 0.15) is 5.82 Å². The number of fused-ring (bicyclic) bond motifs is 1. The van der Waals surface area contributed by atoms with Crippen LogP contribution >= 0.6 is 23.4 Å². The highest BCUT2D eigenvalue weighted by Crippen LogP contribution is 2.28. The standard InChI is InChI=1S/C23H17ClFN3O2S/c1-14(21(29)26-19-12-6-3-9-16(19)24)31-23-27-18-11-5-2-8-15(18)22(30)28(23)20-13-7-4-10-17(20)25/h2-14H,1H3,(H,26,29). The highest BCUT2D eigenvalue weighted by atomic mass is 35.5. The first-order valence-corrected chi connectivity index (χ1v) is 10.7. The summed E-state index contributed by atoms with van der Waals surface area (Å²) >= 11 is 7.19. The quantitative estimate of drug-likeness (QED) is 0.329. The Morgan fingerprint density at radius 1 is 1.06 bits per heavy atom. The zero-order valence-corrected chi connectivity index (χ0v) is 18.0. The summed E-state index contributed by atoms with van der Waals surface area (Å²) in [5.41, 5.74) is 0.629. The number of hydrogen-bond acceptors (Lipinski definition) is 4. The second kappa shape index (κ2) is 8.91. The van der Waals surface area contributed by atoms with E-state index < -0.39 is 16.6 Å².